The lowest BCUT2D eigenvalue weighted by atomic mass is 10.1. The molecule has 4 rings (SSSR count). The molecule has 6 nitrogen and oxygen atoms in total. The Bertz CT molecular complexity index is 964. The van der Waals surface area contributed by atoms with Gasteiger partial charge in [0.05, 0.1) is 0 Å². The molecule has 0 radical (unpaired) electrons. The number of carbonyl (C=O) groups excluding carboxylic acids is 1. The molecule has 0 spiro atoms. The van der Waals surface area contributed by atoms with Gasteiger partial charge in [-0.2, -0.15) is 0 Å². The maximum absolute atomic E-state index is 12.8. The van der Waals surface area contributed by atoms with E-state index in [4.69, 9.17) is 4.98 Å². The van der Waals surface area contributed by atoms with Crippen LogP contribution in [0.25, 0.3) is 11.2 Å². The molecule has 1 saturated heterocycles. The van der Waals surface area contributed by atoms with E-state index in [0.29, 0.717) is 6.54 Å². The van der Waals surface area contributed by atoms with E-state index < -0.39 is 0 Å². The van der Waals surface area contributed by atoms with E-state index in [1.54, 1.807) is 6.20 Å². The summed E-state index contributed by atoms with van der Waals surface area (Å²) in [5.41, 5.74) is 3.91. The summed E-state index contributed by atoms with van der Waals surface area (Å²) in [5.74, 6) is 1.28. The number of carbonyl (C=O) groups is 1. The van der Waals surface area contributed by atoms with Gasteiger partial charge >= 0.3 is 6.03 Å². The van der Waals surface area contributed by atoms with Crippen molar-refractivity contribution in [2.24, 2.45) is 0 Å². The van der Waals surface area contributed by atoms with Crippen molar-refractivity contribution >= 4 is 22.9 Å². The smallest absolute Gasteiger partial charge is 0.321 e. The van der Waals surface area contributed by atoms with Crippen LogP contribution in [0.1, 0.15) is 37.6 Å². The zero-order valence-electron chi connectivity index (χ0n) is 15.9. The standard InChI is InChI=1S/C21H25N5O/c1-3-15-8-5-6-9-17(15)24-21(27)25-13-11-16(14-25)19-23-18-10-7-12-22-20(18)26(19)4-2/h5-10,12,16H,3-4,11,13-14H2,1-2H3,(H,24,27)/t16-/m0/s1. The molecule has 6 heteroatoms. The molecule has 2 aromatic heterocycles. The minimum atomic E-state index is -0.0318. The monoisotopic (exact) mass is 363 g/mol. The number of hydrogen-bond donors (Lipinski definition) is 1. The molecule has 0 saturated carbocycles. The number of benzene rings is 1. The topological polar surface area (TPSA) is 63.1 Å². The van der Waals surface area contributed by atoms with Gasteiger partial charge in [-0.05, 0) is 43.5 Å². The highest BCUT2D eigenvalue weighted by atomic mass is 16.2. The van der Waals surface area contributed by atoms with Gasteiger partial charge in [0.1, 0.15) is 11.3 Å². The summed E-state index contributed by atoms with van der Waals surface area (Å²) >= 11 is 0. The fraction of sp³-hybridized carbons (Fsp3) is 0.381. The van der Waals surface area contributed by atoms with E-state index >= 15 is 0 Å². The number of nitrogens with zero attached hydrogens (tertiary/aromatic N) is 4. The quantitative estimate of drug-likeness (QED) is 0.761. The number of likely N-dealkylation sites (tertiary alicyclic amines) is 1. The Balaban J connectivity index is 1.51. The highest BCUT2D eigenvalue weighted by molar-refractivity contribution is 5.90. The third-order valence-electron chi connectivity index (χ3n) is 5.33. The Morgan fingerprint density at radius 2 is 2.07 bits per heavy atom. The normalized spacial score (nSPS) is 16.8. The lowest BCUT2D eigenvalue weighted by molar-refractivity contribution is 0.222. The molecule has 27 heavy (non-hydrogen) atoms. The Morgan fingerprint density at radius 3 is 2.89 bits per heavy atom. The number of anilines is 1. The molecule has 140 valence electrons. The van der Waals surface area contributed by atoms with Crippen molar-refractivity contribution in [1.29, 1.82) is 0 Å². The van der Waals surface area contributed by atoms with Gasteiger partial charge in [-0.1, -0.05) is 25.1 Å². The van der Waals surface area contributed by atoms with Crippen molar-refractivity contribution in [1.82, 2.24) is 19.4 Å². The van der Waals surface area contributed by atoms with Gasteiger partial charge in [0, 0.05) is 37.4 Å². The summed E-state index contributed by atoms with van der Waals surface area (Å²) in [7, 11) is 0. The van der Waals surface area contributed by atoms with E-state index in [-0.39, 0.29) is 11.9 Å². The molecule has 1 atom stereocenters. The zero-order valence-corrected chi connectivity index (χ0v) is 15.9. The lowest BCUT2D eigenvalue weighted by Crippen LogP contribution is -2.33. The summed E-state index contributed by atoms with van der Waals surface area (Å²) in [4.78, 5) is 23.9. The van der Waals surface area contributed by atoms with Crippen molar-refractivity contribution in [2.45, 2.75) is 39.2 Å². The third kappa shape index (κ3) is 3.27. The predicted octanol–water partition coefficient (Wildman–Crippen LogP) is 4.04. The summed E-state index contributed by atoms with van der Waals surface area (Å²) in [6.45, 7) is 6.46. The van der Waals surface area contributed by atoms with Crippen LogP contribution in [0, 0.1) is 0 Å². The summed E-state index contributed by atoms with van der Waals surface area (Å²) in [6.07, 6.45) is 3.62. The molecule has 1 aliphatic rings. The largest absolute Gasteiger partial charge is 0.324 e. The van der Waals surface area contributed by atoms with Crippen molar-refractivity contribution in [3.8, 4) is 0 Å². The minimum absolute atomic E-state index is 0.0318. The van der Waals surface area contributed by atoms with Crippen LogP contribution in [0.5, 0.6) is 0 Å². The second-order valence-corrected chi connectivity index (χ2v) is 6.93. The zero-order chi connectivity index (χ0) is 18.8. The number of amides is 2. The molecule has 0 aliphatic carbocycles. The molecule has 1 N–H and O–H groups in total. The van der Waals surface area contributed by atoms with Crippen LogP contribution in [0.3, 0.4) is 0 Å². The highest BCUT2D eigenvalue weighted by Crippen LogP contribution is 2.29. The number of aromatic nitrogens is 3. The van der Waals surface area contributed by atoms with Crippen LogP contribution in [0.4, 0.5) is 10.5 Å². The summed E-state index contributed by atoms with van der Waals surface area (Å²) in [6, 6.07) is 11.9. The van der Waals surface area contributed by atoms with Crippen LogP contribution in [-0.4, -0.2) is 38.6 Å². The van der Waals surface area contributed by atoms with Crippen molar-refractivity contribution in [3.63, 3.8) is 0 Å². The number of rotatable bonds is 4. The molecule has 1 aliphatic heterocycles. The number of aryl methyl sites for hydroxylation is 2. The Hall–Kier alpha value is -2.89. The van der Waals surface area contributed by atoms with Crippen LogP contribution in [0.2, 0.25) is 0 Å². The number of pyridine rings is 1. The summed E-state index contributed by atoms with van der Waals surface area (Å²) in [5, 5.41) is 3.08. The molecule has 0 unspecified atom stereocenters. The molecule has 3 aromatic rings. The van der Waals surface area contributed by atoms with Crippen molar-refractivity contribution in [3.05, 3.63) is 54.0 Å². The van der Waals surface area contributed by atoms with Gasteiger partial charge in [0.25, 0.3) is 0 Å². The average Bonchev–Trinajstić information content (AvgIpc) is 3.32. The fourth-order valence-electron chi connectivity index (χ4n) is 3.90. The molecule has 1 fully saturated rings. The highest BCUT2D eigenvalue weighted by Gasteiger charge is 2.31. The SMILES string of the molecule is CCc1ccccc1NC(=O)N1CC[C@H](c2nc3cccnc3n2CC)C1. The van der Waals surface area contributed by atoms with Crippen molar-refractivity contribution in [2.75, 3.05) is 18.4 Å². The van der Waals surface area contributed by atoms with E-state index in [0.717, 1.165) is 54.2 Å². The average molecular weight is 363 g/mol. The first-order chi connectivity index (χ1) is 13.2. The second kappa shape index (κ2) is 7.39. The van der Waals surface area contributed by atoms with E-state index in [9.17, 15) is 4.79 Å². The lowest BCUT2D eigenvalue weighted by Gasteiger charge is -2.19. The second-order valence-electron chi connectivity index (χ2n) is 6.93. The molecule has 1 aromatic carbocycles. The summed E-state index contributed by atoms with van der Waals surface area (Å²) < 4.78 is 2.17. The maximum atomic E-state index is 12.8. The third-order valence-corrected chi connectivity index (χ3v) is 5.33. The first kappa shape index (κ1) is 17.5. The number of nitrogens with one attached hydrogen (secondary N) is 1. The predicted molar refractivity (Wildman–Crippen MR) is 107 cm³/mol. The van der Waals surface area contributed by atoms with Gasteiger partial charge < -0.3 is 14.8 Å². The molecule has 0 bridgehead atoms. The van der Waals surface area contributed by atoms with E-state index in [2.05, 4.69) is 34.8 Å². The van der Waals surface area contributed by atoms with E-state index in [1.807, 2.05) is 35.2 Å². The Kier molecular flexibility index (Phi) is 4.79. The Labute approximate surface area is 159 Å². The fourth-order valence-corrected chi connectivity index (χ4v) is 3.90. The number of hydrogen-bond acceptors (Lipinski definition) is 3. The van der Waals surface area contributed by atoms with Gasteiger partial charge in [-0.25, -0.2) is 14.8 Å². The van der Waals surface area contributed by atoms with Gasteiger partial charge in [0.2, 0.25) is 0 Å². The first-order valence-electron chi connectivity index (χ1n) is 9.66. The Morgan fingerprint density at radius 1 is 1.22 bits per heavy atom. The van der Waals surface area contributed by atoms with Crippen LogP contribution in [0.15, 0.2) is 42.6 Å². The number of urea groups is 1. The van der Waals surface area contributed by atoms with Gasteiger partial charge in [-0.3, -0.25) is 0 Å². The molecular weight excluding hydrogens is 338 g/mol. The first-order valence-corrected chi connectivity index (χ1v) is 9.66. The molecule has 3 heterocycles. The number of fused-ring (bicyclic) bond motifs is 1. The van der Waals surface area contributed by atoms with Gasteiger partial charge in [0.15, 0.2) is 5.65 Å². The van der Waals surface area contributed by atoms with E-state index in [1.165, 1.54) is 0 Å². The van der Waals surface area contributed by atoms with Crippen LogP contribution < -0.4 is 5.32 Å². The van der Waals surface area contributed by atoms with Gasteiger partial charge in [-0.15, -0.1) is 0 Å². The molecule has 2 amide bonds. The number of para-hydroxylation sites is 1. The maximum Gasteiger partial charge on any atom is 0.321 e. The number of imidazole rings is 1. The van der Waals surface area contributed by atoms with Crippen LogP contribution in [-0.2, 0) is 13.0 Å². The van der Waals surface area contributed by atoms with Crippen LogP contribution >= 0.6 is 0 Å². The van der Waals surface area contributed by atoms with Crippen molar-refractivity contribution < 1.29 is 4.79 Å². The minimum Gasteiger partial charge on any atom is -0.324 e. The molecular formula is C21H25N5O.